The van der Waals surface area contributed by atoms with E-state index in [1.807, 2.05) is 37.3 Å². The highest BCUT2D eigenvalue weighted by Gasteiger charge is 2.39. The van der Waals surface area contributed by atoms with Crippen molar-refractivity contribution in [1.82, 2.24) is 4.31 Å². The van der Waals surface area contributed by atoms with E-state index in [1.165, 1.54) is 12.1 Å². The first-order chi connectivity index (χ1) is 15.3. The molecule has 0 aromatic heterocycles. The maximum atomic E-state index is 15.2. The number of aliphatic hydroxyl groups excluding tert-OH is 2. The van der Waals surface area contributed by atoms with Crippen LogP contribution in [0.5, 0.6) is 0 Å². The van der Waals surface area contributed by atoms with Gasteiger partial charge in [-0.05, 0) is 68.7 Å². The SMILES string of the molecule is C[C@H]1CC[C@H](c2ccccc2)S(=O)N1Cc1cc(F)c(C2(CO)CCC(O)CC2)cc1F. The first-order valence-electron chi connectivity index (χ1n) is 11.3. The van der Waals surface area contributed by atoms with E-state index >= 15 is 8.78 Å². The third-order valence-electron chi connectivity index (χ3n) is 7.23. The Morgan fingerprint density at radius 1 is 1.06 bits per heavy atom. The van der Waals surface area contributed by atoms with Gasteiger partial charge in [0.2, 0.25) is 0 Å². The maximum absolute atomic E-state index is 15.2. The molecule has 2 fully saturated rings. The summed E-state index contributed by atoms with van der Waals surface area (Å²) in [6.45, 7) is 1.74. The molecule has 1 heterocycles. The van der Waals surface area contributed by atoms with Gasteiger partial charge in [0.05, 0.1) is 18.0 Å². The Bertz CT molecular complexity index is 963. The minimum Gasteiger partial charge on any atom is -0.395 e. The van der Waals surface area contributed by atoms with Crippen LogP contribution in [0.4, 0.5) is 8.78 Å². The fraction of sp³-hybridized carbons (Fsp3) is 0.520. The first-order valence-corrected chi connectivity index (χ1v) is 12.5. The number of hydrogen-bond acceptors (Lipinski definition) is 3. The van der Waals surface area contributed by atoms with Crippen molar-refractivity contribution in [2.45, 2.75) is 74.8 Å². The summed E-state index contributed by atoms with van der Waals surface area (Å²) in [7, 11) is -1.36. The zero-order chi connectivity index (χ0) is 22.9. The molecule has 1 saturated carbocycles. The number of rotatable bonds is 5. The molecule has 1 aliphatic heterocycles. The summed E-state index contributed by atoms with van der Waals surface area (Å²) in [5, 5.41) is 19.7. The molecule has 2 aromatic carbocycles. The van der Waals surface area contributed by atoms with Gasteiger partial charge in [-0.2, -0.15) is 0 Å². The molecular weight excluding hydrogens is 432 g/mol. The predicted molar refractivity (Wildman–Crippen MR) is 121 cm³/mol. The third-order valence-corrected chi connectivity index (χ3v) is 9.18. The van der Waals surface area contributed by atoms with Crippen molar-refractivity contribution in [2.75, 3.05) is 6.61 Å². The molecule has 1 saturated heterocycles. The van der Waals surface area contributed by atoms with Crippen molar-refractivity contribution in [3.8, 4) is 0 Å². The van der Waals surface area contributed by atoms with Crippen LogP contribution in [0.1, 0.15) is 67.4 Å². The quantitative estimate of drug-likeness (QED) is 0.686. The van der Waals surface area contributed by atoms with E-state index in [4.69, 9.17) is 0 Å². The van der Waals surface area contributed by atoms with Crippen molar-refractivity contribution in [1.29, 1.82) is 0 Å². The van der Waals surface area contributed by atoms with E-state index < -0.39 is 34.1 Å². The zero-order valence-electron chi connectivity index (χ0n) is 18.3. The normalized spacial score (nSPS) is 31.5. The molecule has 1 aliphatic carbocycles. The van der Waals surface area contributed by atoms with Gasteiger partial charge in [-0.3, -0.25) is 0 Å². The van der Waals surface area contributed by atoms with Crippen molar-refractivity contribution >= 4 is 11.0 Å². The summed E-state index contributed by atoms with van der Waals surface area (Å²) in [4.78, 5) is 0. The lowest BCUT2D eigenvalue weighted by atomic mass is 9.69. The highest BCUT2D eigenvalue weighted by molar-refractivity contribution is 7.83. The van der Waals surface area contributed by atoms with Crippen LogP contribution in [0.2, 0.25) is 0 Å². The number of aliphatic hydroxyl groups is 2. The minimum absolute atomic E-state index is 0.0125. The Balaban J connectivity index is 1.59. The van der Waals surface area contributed by atoms with Crippen LogP contribution in [0.3, 0.4) is 0 Å². The van der Waals surface area contributed by atoms with Crippen LogP contribution >= 0.6 is 0 Å². The van der Waals surface area contributed by atoms with Crippen molar-refractivity contribution < 1.29 is 23.2 Å². The summed E-state index contributed by atoms with van der Waals surface area (Å²) in [5.74, 6) is -1.10. The Labute approximate surface area is 190 Å². The average molecular weight is 464 g/mol. The molecule has 2 aliphatic rings. The van der Waals surface area contributed by atoms with E-state index in [0.717, 1.165) is 18.4 Å². The Kier molecular flexibility index (Phi) is 7.10. The lowest BCUT2D eigenvalue weighted by Crippen LogP contribution is -2.41. The number of nitrogens with zero attached hydrogens (tertiary/aromatic N) is 1. The van der Waals surface area contributed by atoms with Crippen LogP contribution in [0.15, 0.2) is 42.5 Å². The molecule has 174 valence electrons. The molecule has 2 N–H and O–H groups in total. The fourth-order valence-corrected chi connectivity index (χ4v) is 6.88. The second kappa shape index (κ2) is 9.67. The van der Waals surface area contributed by atoms with Gasteiger partial charge in [0.1, 0.15) is 22.6 Å². The molecule has 0 radical (unpaired) electrons. The lowest BCUT2D eigenvalue weighted by molar-refractivity contribution is 0.0656. The monoisotopic (exact) mass is 463 g/mol. The topological polar surface area (TPSA) is 60.8 Å². The largest absolute Gasteiger partial charge is 0.395 e. The summed E-state index contributed by atoms with van der Waals surface area (Å²) in [5.41, 5.74) is 0.462. The predicted octanol–water partition coefficient (Wildman–Crippen LogP) is 4.52. The minimum atomic E-state index is -1.36. The number of hydrogen-bond donors (Lipinski definition) is 2. The molecule has 32 heavy (non-hydrogen) atoms. The van der Waals surface area contributed by atoms with E-state index in [2.05, 4.69) is 0 Å². The summed E-state index contributed by atoms with van der Waals surface area (Å²) in [6, 6.07) is 12.1. The van der Waals surface area contributed by atoms with Crippen molar-refractivity contribution in [3.63, 3.8) is 0 Å². The second-order valence-electron chi connectivity index (χ2n) is 9.27. The van der Waals surface area contributed by atoms with Gasteiger partial charge in [0, 0.05) is 23.6 Å². The van der Waals surface area contributed by atoms with Gasteiger partial charge >= 0.3 is 0 Å². The smallest absolute Gasteiger partial charge is 0.128 e. The second-order valence-corrected chi connectivity index (χ2v) is 10.9. The number of halogens is 2. The standard InChI is InChI=1S/C25H31F2NO3S/c1-17-7-8-24(18-5-3-2-4-6-18)32(31)28(17)15-19-13-23(27)21(14-22(19)26)25(16-29)11-9-20(30)10-12-25/h2-6,13-14,17,20,24,29-30H,7-12,15-16H2,1H3/t17-,20?,24+,25?,32?/m0/s1. The van der Waals surface area contributed by atoms with Crippen LogP contribution in [0, 0.1) is 11.6 Å². The molecule has 0 bridgehead atoms. The highest BCUT2D eigenvalue weighted by atomic mass is 32.2. The Hall–Kier alpha value is -1.67. The van der Waals surface area contributed by atoms with E-state index in [-0.39, 0.29) is 35.6 Å². The average Bonchev–Trinajstić information content (AvgIpc) is 2.80. The van der Waals surface area contributed by atoms with Crippen LogP contribution in [-0.2, 0) is 22.9 Å². The van der Waals surface area contributed by atoms with Crippen LogP contribution in [0.25, 0.3) is 0 Å². The van der Waals surface area contributed by atoms with Gasteiger partial charge in [-0.15, -0.1) is 0 Å². The molecule has 3 atom stereocenters. The number of benzene rings is 2. The molecule has 4 nitrogen and oxygen atoms in total. The van der Waals surface area contributed by atoms with Gasteiger partial charge in [-0.25, -0.2) is 17.3 Å². The van der Waals surface area contributed by atoms with Crippen molar-refractivity contribution in [2.24, 2.45) is 0 Å². The van der Waals surface area contributed by atoms with Crippen LogP contribution < -0.4 is 0 Å². The summed E-state index contributed by atoms with van der Waals surface area (Å²) < 4.78 is 45.5. The summed E-state index contributed by atoms with van der Waals surface area (Å²) >= 11 is 0. The van der Waals surface area contributed by atoms with Gasteiger partial charge < -0.3 is 10.2 Å². The molecule has 7 heteroatoms. The van der Waals surface area contributed by atoms with E-state index in [0.29, 0.717) is 25.7 Å². The first kappa shape index (κ1) is 23.5. The molecule has 0 spiro atoms. The summed E-state index contributed by atoms with van der Waals surface area (Å²) in [6.07, 6.45) is 2.87. The maximum Gasteiger partial charge on any atom is 0.128 e. The van der Waals surface area contributed by atoms with Gasteiger partial charge in [0.25, 0.3) is 0 Å². The Morgan fingerprint density at radius 3 is 2.41 bits per heavy atom. The van der Waals surface area contributed by atoms with E-state index in [1.54, 1.807) is 4.31 Å². The van der Waals surface area contributed by atoms with Crippen molar-refractivity contribution in [3.05, 3.63) is 70.8 Å². The molecular formula is C25H31F2NO3S. The molecule has 1 unspecified atom stereocenters. The fourth-order valence-electron chi connectivity index (χ4n) is 5.10. The van der Waals surface area contributed by atoms with Crippen LogP contribution in [-0.4, -0.2) is 37.5 Å². The molecule has 4 rings (SSSR count). The van der Waals surface area contributed by atoms with E-state index in [9.17, 15) is 14.4 Å². The zero-order valence-corrected chi connectivity index (χ0v) is 19.2. The molecule has 0 amide bonds. The Morgan fingerprint density at radius 2 is 1.75 bits per heavy atom. The lowest BCUT2D eigenvalue weighted by Gasteiger charge is -2.39. The van der Waals surface area contributed by atoms with Gasteiger partial charge in [-0.1, -0.05) is 30.3 Å². The third kappa shape index (κ3) is 4.53. The molecule has 2 aromatic rings. The highest BCUT2D eigenvalue weighted by Crippen LogP contribution is 2.41. The van der Waals surface area contributed by atoms with Gasteiger partial charge in [0.15, 0.2) is 0 Å².